The first-order valence-corrected chi connectivity index (χ1v) is 7.17. The molecular formula is C14H28N2O. The zero-order chi connectivity index (χ0) is 12.7. The van der Waals surface area contributed by atoms with Crippen molar-refractivity contribution in [2.45, 2.75) is 58.9 Å². The van der Waals surface area contributed by atoms with Gasteiger partial charge in [-0.25, -0.2) is 0 Å². The Morgan fingerprint density at radius 2 is 2.24 bits per heavy atom. The lowest BCUT2D eigenvalue weighted by molar-refractivity contribution is -0.122. The van der Waals surface area contributed by atoms with Crippen LogP contribution in [0.2, 0.25) is 0 Å². The number of piperidine rings is 1. The largest absolute Gasteiger partial charge is 0.355 e. The van der Waals surface area contributed by atoms with Gasteiger partial charge in [-0.05, 0) is 31.2 Å². The van der Waals surface area contributed by atoms with Crippen molar-refractivity contribution in [2.75, 3.05) is 13.1 Å². The van der Waals surface area contributed by atoms with Crippen molar-refractivity contribution in [3.05, 3.63) is 0 Å². The van der Waals surface area contributed by atoms with E-state index in [1.165, 1.54) is 19.3 Å². The smallest absolute Gasteiger partial charge is 0.220 e. The molecule has 3 unspecified atom stereocenters. The Kier molecular flexibility index (Phi) is 6.56. The first-order valence-electron chi connectivity index (χ1n) is 7.17. The highest BCUT2D eigenvalue weighted by Crippen LogP contribution is 2.19. The van der Waals surface area contributed by atoms with Crippen molar-refractivity contribution in [3.8, 4) is 0 Å². The fourth-order valence-electron chi connectivity index (χ4n) is 2.50. The molecule has 2 N–H and O–H groups in total. The van der Waals surface area contributed by atoms with Crippen molar-refractivity contribution in [2.24, 2.45) is 11.8 Å². The second-order valence-corrected chi connectivity index (χ2v) is 5.39. The summed E-state index contributed by atoms with van der Waals surface area (Å²) in [6, 6.07) is 0.481. The number of carbonyl (C=O) groups is 1. The van der Waals surface area contributed by atoms with E-state index in [4.69, 9.17) is 0 Å². The van der Waals surface area contributed by atoms with E-state index >= 15 is 0 Å². The molecule has 0 aromatic heterocycles. The highest BCUT2D eigenvalue weighted by molar-refractivity contribution is 5.76. The molecule has 0 aromatic carbocycles. The predicted octanol–water partition coefficient (Wildman–Crippen LogP) is 2.32. The number of nitrogens with one attached hydrogen (secondary N) is 2. The molecule has 1 amide bonds. The van der Waals surface area contributed by atoms with Crippen molar-refractivity contribution in [1.82, 2.24) is 10.6 Å². The molecular weight excluding hydrogens is 212 g/mol. The highest BCUT2D eigenvalue weighted by Gasteiger charge is 2.23. The molecule has 1 aliphatic rings. The molecule has 0 radical (unpaired) electrons. The minimum absolute atomic E-state index is 0.210. The van der Waals surface area contributed by atoms with Crippen LogP contribution in [0.4, 0.5) is 0 Å². The number of hydrogen-bond acceptors (Lipinski definition) is 2. The van der Waals surface area contributed by atoms with E-state index in [9.17, 15) is 4.79 Å². The van der Waals surface area contributed by atoms with Crippen LogP contribution in [0.3, 0.4) is 0 Å². The lowest BCUT2D eigenvalue weighted by Crippen LogP contribution is -2.48. The molecule has 1 heterocycles. The number of hydrogen-bond donors (Lipinski definition) is 2. The fraction of sp³-hybridized carbons (Fsp3) is 0.929. The normalized spacial score (nSPS) is 26.5. The van der Waals surface area contributed by atoms with Crippen LogP contribution in [0.25, 0.3) is 0 Å². The van der Waals surface area contributed by atoms with Crippen LogP contribution < -0.4 is 10.6 Å². The average Bonchev–Trinajstić information content (AvgIpc) is 2.36. The van der Waals surface area contributed by atoms with Gasteiger partial charge in [0.05, 0.1) is 0 Å². The zero-order valence-electron chi connectivity index (χ0n) is 11.6. The summed E-state index contributed by atoms with van der Waals surface area (Å²) in [6.45, 7) is 8.41. The lowest BCUT2D eigenvalue weighted by Gasteiger charge is -2.32. The summed E-state index contributed by atoms with van der Waals surface area (Å²) >= 11 is 0. The SMILES string of the molecule is CCC(C)CC(=O)NCC1NCCCC1CC. The molecule has 0 spiro atoms. The van der Waals surface area contributed by atoms with Crippen LogP contribution in [0.5, 0.6) is 0 Å². The van der Waals surface area contributed by atoms with Crippen LogP contribution in [0, 0.1) is 11.8 Å². The van der Waals surface area contributed by atoms with Crippen LogP contribution in [0.1, 0.15) is 52.9 Å². The van der Waals surface area contributed by atoms with E-state index in [1.54, 1.807) is 0 Å². The van der Waals surface area contributed by atoms with Crippen LogP contribution in [-0.2, 0) is 4.79 Å². The Hall–Kier alpha value is -0.570. The Morgan fingerprint density at radius 3 is 2.88 bits per heavy atom. The quantitative estimate of drug-likeness (QED) is 0.748. The van der Waals surface area contributed by atoms with Gasteiger partial charge < -0.3 is 10.6 Å². The van der Waals surface area contributed by atoms with E-state index < -0.39 is 0 Å². The molecule has 0 aromatic rings. The van der Waals surface area contributed by atoms with Crippen LogP contribution in [-0.4, -0.2) is 25.0 Å². The maximum atomic E-state index is 11.7. The molecule has 1 saturated heterocycles. The number of amides is 1. The Labute approximate surface area is 106 Å². The summed E-state index contributed by atoms with van der Waals surface area (Å²) < 4.78 is 0. The molecule has 1 fully saturated rings. The molecule has 3 heteroatoms. The molecule has 1 aliphatic heterocycles. The van der Waals surface area contributed by atoms with Gasteiger partial charge in [0.25, 0.3) is 0 Å². The lowest BCUT2D eigenvalue weighted by atomic mass is 9.88. The van der Waals surface area contributed by atoms with Crippen molar-refractivity contribution >= 4 is 5.91 Å². The monoisotopic (exact) mass is 240 g/mol. The predicted molar refractivity (Wildman–Crippen MR) is 71.9 cm³/mol. The molecule has 3 nitrogen and oxygen atoms in total. The van der Waals surface area contributed by atoms with Gasteiger partial charge in [-0.1, -0.05) is 33.6 Å². The maximum absolute atomic E-state index is 11.7. The molecule has 3 atom stereocenters. The van der Waals surface area contributed by atoms with Crippen LogP contribution >= 0.6 is 0 Å². The van der Waals surface area contributed by atoms with Gasteiger partial charge >= 0.3 is 0 Å². The Bertz CT molecular complexity index is 230. The molecule has 0 aliphatic carbocycles. The second-order valence-electron chi connectivity index (χ2n) is 5.39. The van der Waals surface area contributed by atoms with Gasteiger partial charge in [0, 0.05) is 19.0 Å². The highest BCUT2D eigenvalue weighted by atomic mass is 16.1. The van der Waals surface area contributed by atoms with Gasteiger partial charge in [0.1, 0.15) is 0 Å². The standard InChI is InChI=1S/C14H28N2O/c1-4-11(3)9-14(17)16-10-13-12(5-2)7-6-8-15-13/h11-13,15H,4-10H2,1-3H3,(H,16,17). The summed E-state index contributed by atoms with van der Waals surface area (Å²) in [5.41, 5.74) is 0. The zero-order valence-corrected chi connectivity index (χ0v) is 11.6. The second kappa shape index (κ2) is 7.70. The molecule has 0 bridgehead atoms. The Morgan fingerprint density at radius 1 is 1.47 bits per heavy atom. The van der Waals surface area contributed by atoms with E-state index in [0.29, 0.717) is 18.4 Å². The third kappa shape index (κ3) is 5.07. The molecule has 100 valence electrons. The molecule has 17 heavy (non-hydrogen) atoms. The van der Waals surface area contributed by atoms with Crippen molar-refractivity contribution in [1.29, 1.82) is 0 Å². The van der Waals surface area contributed by atoms with Crippen LogP contribution in [0.15, 0.2) is 0 Å². The minimum atomic E-state index is 0.210. The first-order chi connectivity index (χ1) is 8.17. The molecule has 0 saturated carbocycles. The fourth-order valence-corrected chi connectivity index (χ4v) is 2.50. The van der Waals surface area contributed by atoms with E-state index in [2.05, 4.69) is 31.4 Å². The van der Waals surface area contributed by atoms with Gasteiger partial charge in [0.2, 0.25) is 5.91 Å². The Balaban J connectivity index is 2.26. The topological polar surface area (TPSA) is 41.1 Å². The van der Waals surface area contributed by atoms with Gasteiger partial charge in [-0.3, -0.25) is 4.79 Å². The summed E-state index contributed by atoms with van der Waals surface area (Å²) in [5, 5.41) is 6.61. The van der Waals surface area contributed by atoms with E-state index in [-0.39, 0.29) is 5.91 Å². The van der Waals surface area contributed by atoms with Crippen molar-refractivity contribution < 1.29 is 4.79 Å². The maximum Gasteiger partial charge on any atom is 0.220 e. The summed E-state index contributed by atoms with van der Waals surface area (Å²) in [6.07, 6.45) is 5.52. The van der Waals surface area contributed by atoms with Gasteiger partial charge in [-0.15, -0.1) is 0 Å². The molecule has 1 rings (SSSR count). The first kappa shape index (κ1) is 14.5. The third-order valence-electron chi connectivity index (χ3n) is 4.00. The summed E-state index contributed by atoms with van der Waals surface area (Å²) in [5.74, 6) is 1.44. The van der Waals surface area contributed by atoms with Gasteiger partial charge in [-0.2, -0.15) is 0 Å². The minimum Gasteiger partial charge on any atom is -0.355 e. The third-order valence-corrected chi connectivity index (χ3v) is 4.00. The number of rotatable bonds is 6. The summed E-state index contributed by atoms with van der Waals surface area (Å²) in [4.78, 5) is 11.7. The average molecular weight is 240 g/mol. The van der Waals surface area contributed by atoms with E-state index in [0.717, 1.165) is 25.4 Å². The number of carbonyl (C=O) groups excluding carboxylic acids is 1. The van der Waals surface area contributed by atoms with E-state index in [1.807, 2.05) is 0 Å². The van der Waals surface area contributed by atoms with Gasteiger partial charge in [0.15, 0.2) is 0 Å². The summed E-state index contributed by atoms with van der Waals surface area (Å²) in [7, 11) is 0. The van der Waals surface area contributed by atoms with Crippen molar-refractivity contribution in [3.63, 3.8) is 0 Å².